The van der Waals surface area contributed by atoms with Crippen molar-refractivity contribution in [2.75, 3.05) is 7.11 Å². The van der Waals surface area contributed by atoms with Crippen molar-refractivity contribution in [3.63, 3.8) is 0 Å². The van der Waals surface area contributed by atoms with E-state index < -0.39 is 11.6 Å². The molecule has 0 aliphatic carbocycles. The van der Waals surface area contributed by atoms with Crippen LogP contribution in [0.1, 0.15) is 12.5 Å². The van der Waals surface area contributed by atoms with Gasteiger partial charge >= 0.3 is 5.97 Å². The predicted molar refractivity (Wildman–Crippen MR) is 57.8 cm³/mol. The molecule has 0 aliphatic heterocycles. The van der Waals surface area contributed by atoms with E-state index in [2.05, 4.69) is 4.98 Å². The van der Waals surface area contributed by atoms with Gasteiger partial charge in [0.2, 0.25) is 5.88 Å². The Morgan fingerprint density at radius 1 is 1.69 bits per heavy atom. The fourth-order valence-corrected chi connectivity index (χ4v) is 1.41. The number of carbonyl (C=O) groups is 1. The molecule has 6 heteroatoms. The van der Waals surface area contributed by atoms with Crippen molar-refractivity contribution >= 4 is 17.6 Å². The maximum absolute atomic E-state index is 10.8. The maximum atomic E-state index is 10.8. The van der Waals surface area contributed by atoms with Gasteiger partial charge in [-0.1, -0.05) is 11.6 Å². The third kappa shape index (κ3) is 2.62. The molecular formula is C10H12ClNO4. The number of aliphatic hydroxyl groups is 1. The van der Waals surface area contributed by atoms with Crippen molar-refractivity contribution in [3.8, 4) is 5.88 Å². The van der Waals surface area contributed by atoms with Gasteiger partial charge in [-0.2, -0.15) is 0 Å². The molecule has 88 valence electrons. The van der Waals surface area contributed by atoms with Crippen LogP contribution in [-0.4, -0.2) is 33.9 Å². The van der Waals surface area contributed by atoms with Gasteiger partial charge in [0.1, 0.15) is 0 Å². The maximum Gasteiger partial charge on any atom is 0.335 e. The molecule has 0 spiro atoms. The van der Waals surface area contributed by atoms with Gasteiger partial charge in [-0.05, 0) is 13.0 Å². The minimum atomic E-state index is -1.90. The normalized spacial score (nSPS) is 14.2. The first kappa shape index (κ1) is 12.7. The number of methoxy groups -OCH3 is 1. The van der Waals surface area contributed by atoms with E-state index in [9.17, 15) is 9.90 Å². The number of aliphatic carboxylic acids is 1. The molecular weight excluding hydrogens is 234 g/mol. The van der Waals surface area contributed by atoms with Gasteiger partial charge in [-0.25, -0.2) is 9.78 Å². The summed E-state index contributed by atoms with van der Waals surface area (Å²) in [6.07, 6.45) is 1.28. The Bertz CT molecular complexity index is 406. The summed E-state index contributed by atoms with van der Waals surface area (Å²) in [4.78, 5) is 14.7. The average Bonchev–Trinajstić information content (AvgIpc) is 2.20. The van der Waals surface area contributed by atoms with Gasteiger partial charge < -0.3 is 14.9 Å². The molecule has 0 saturated heterocycles. The fourth-order valence-electron chi connectivity index (χ4n) is 1.21. The van der Waals surface area contributed by atoms with E-state index in [-0.39, 0.29) is 12.3 Å². The number of halogens is 1. The highest BCUT2D eigenvalue weighted by molar-refractivity contribution is 6.31. The van der Waals surface area contributed by atoms with E-state index >= 15 is 0 Å². The van der Waals surface area contributed by atoms with Crippen LogP contribution in [0.2, 0.25) is 5.02 Å². The summed E-state index contributed by atoms with van der Waals surface area (Å²) in [5.41, 5.74) is -1.53. The van der Waals surface area contributed by atoms with E-state index in [1.165, 1.54) is 26.3 Å². The molecule has 0 aromatic carbocycles. The molecule has 1 heterocycles. The van der Waals surface area contributed by atoms with Gasteiger partial charge in [0.05, 0.1) is 12.1 Å². The lowest BCUT2D eigenvalue weighted by Crippen LogP contribution is -2.37. The Morgan fingerprint density at radius 3 is 2.81 bits per heavy atom. The molecule has 1 aromatic rings. The van der Waals surface area contributed by atoms with Crippen LogP contribution in [0.15, 0.2) is 12.3 Å². The van der Waals surface area contributed by atoms with Crippen LogP contribution in [0.3, 0.4) is 0 Å². The Balaban J connectivity index is 3.09. The summed E-state index contributed by atoms with van der Waals surface area (Å²) in [5.74, 6) is -1.11. The summed E-state index contributed by atoms with van der Waals surface area (Å²) >= 11 is 5.89. The summed E-state index contributed by atoms with van der Waals surface area (Å²) in [5, 5.41) is 18.8. The fraction of sp³-hybridized carbons (Fsp3) is 0.400. The molecule has 1 unspecified atom stereocenters. The predicted octanol–water partition coefficient (Wildman–Crippen LogP) is 1.12. The summed E-state index contributed by atoms with van der Waals surface area (Å²) in [6, 6.07) is 1.51. The van der Waals surface area contributed by atoms with Gasteiger partial charge in [0.15, 0.2) is 5.60 Å². The van der Waals surface area contributed by atoms with Crippen LogP contribution in [0.5, 0.6) is 5.88 Å². The largest absolute Gasteiger partial charge is 0.481 e. The van der Waals surface area contributed by atoms with Crippen molar-refractivity contribution in [3.05, 3.63) is 22.8 Å². The molecule has 1 atom stereocenters. The summed E-state index contributed by atoms with van der Waals surface area (Å²) in [6.45, 7) is 1.19. The zero-order valence-electron chi connectivity index (χ0n) is 8.90. The Labute approximate surface area is 97.6 Å². The lowest BCUT2D eigenvalue weighted by Gasteiger charge is -2.19. The molecule has 0 amide bonds. The monoisotopic (exact) mass is 245 g/mol. The highest BCUT2D eigenvalue weighted by Gasteiger charge is 2.32. The van der Waals surface area contributed by atoms with E-state index in [4.69, 9.17) is 21.4 Å². The third-order valence-corrected chi connectivity index (χ3v) is 2.49. The molecule has 1 rings (SSSR count). The molecule has 1 aromatic heterocycles. The van der Waals surface area contributed by atoms with Crippen molar-refractivity contribution in [1.82, 2.24) is 4.98 Å². The number of ether oxygens (including phenoxy) is 1. The van der Waals surface area contributed by atoms with Crippen LogP contribution in [0.4, 0.5) is 0 Å². The van der Waals surface area contributed by atoms with Crippen molar-refractivity contribution in [2.45, 2.75) is 18.9 Å². The second-order valence-corrected chi connectivity index (χ2v) is 3.94. The number of carboxylic acid groups (broad SMARTS) is 1. The number of rotatable bonds is 4. The second kappa shape index (κ2) is 4.67. The Kier molecular flexibility index (Phi) is 3.72. The minimum absolute atomic E-state index is 0.168. The average molecular weight is 246 g/mol. The first-order chi connectivity index (χ1) is 7.38. The number of carboxylic acids is 1. The van der Waals surface area contributed by atoms with Gasteiger partial charge in [0.25, 0.3) is 0 Å². The first-order valence-corrected chi connectivity index (χ1v) is 4.89. The van der Waals surface area contributed by atoms with E-state index in [1.807, 2.05) is 0 Å². The van der Waals surface area contributed by atoms with Crippen molar-refractivity contribution in [1.29, 1.82) is 0 Å². The lowest BCUT2D eigenvalue weighted by atomic mass is 9.97. The van der Waals surface area contributed by atoms with Crippen LogP contribution in [0.25, 0.3) is 0 Å². The highest BCUT2D eigenvalue weighted by atomic mass is 35.5. The van der Waals surface area contributed by atoms with E-state index in [1.54, 1.807) is 0 Å². The number of nitrogens with zero attached hydrogens (tertiary/aromatic N) is 1. The van der Waals surface area contributed by atoms with E-state index in [0.29, 0.717) is 10.6 Å². The molecule has 0 saturated carbocycles. The molecule has 5 nitrogen and oxygen atoms in total. The van der Waals surface area contributed by atoms with Crippen molar-refractivity contribution < 1.29 is 19.7 Å². The molecule has 16 heavy (non-hydrogen) atoms. The highest BCUT2D eigenvalue weighted by Crippen LogP contribution is 2.27. The van der Waals surface area contributed by atoms with Crippen LogP contribution < -0.4 is 4.74 Å². The topological polar surface area (TPSA) is 79.7 Å². The molecule has 0 radical (unpaired) electrons. The Morgan fingerprint density at radius 2 is 2.31 bits per heavy atom. The van der Waals surface area contributed by atoms with Gasteiger partial charge in [-0.3, -0.25) is 0 Å². The number of hydrogen-bond acceptors (Lipinski definition) is 4. The number of hydrogen-bond donors (Lipinski definition) is 2. The van der Waals surface area contributed by atoms with E-state index in [0.717, 1.165) is 0 Å². The quantitative estimate of drug-likeness (QED) is 0.831. The molecule has 0 fully saturated rings. The zero-order valence-corrected chi connectivity index (χ0v) is 9.65. The second-order valence-electron chi connectivity index (χ2n) is 3.54. The van der Waals surface area contributed by atoms with Crippen molar-refractivity contribution in [2.24, 2.45) is 0 Å². The molecule has 2 N–H and O–H groups in total. The third-order valence-electron chi connectivity index (χ3n) is 2.13. The number of pyridine rings is 1. The van der Waals surface area contributed by atoms with Crippen LogP contribution in [0, 0.1) is 0 Å². The summed E-state index contributed by atoms with van der Waals surface area (Å²) in [7, 11) is 1.40. The van der Waals surface area contributed by atoms with Crippen LogP contribution >= 0.6 is 11.6 Å². The number of aromatic nitrogens is 1. The first-order valence-electron chi connectivity index (χ1n) is 4.51. The van der Waals surface area contributed by atoms with Crippen LogP contribution in [-0.2, 0) is 11.2 Å². The van der Waals surface area contributed by atoms with Gasteiger partial charge in [-0.15, -0.1) is 0 Å². The lowest BCUT2D eigenvalue weighted by molar-refractivity contribution is -0.156. The zero-order chi connectivity index (χ0) is 12.3. The Hall–Kier alpha value is -1.33. The molecule has 0 aliphatic rings. The standard InChI is InChI=1S/C10H12ClNO4/c1-10(15,9(13)14)5-6-7(11)3-4-12-8(6)16-2/h3-4,15H,5H2,1-2H3,(H,13,14). The SMILES string of the molecule is COc1nccc(Cl)c1CC(C)(O)C(=O)O. The smallest absolute Gasteiger partial charge is 0.335 e. The minimum Gasteiger partial charge on any atom is -0.481 e. The van der Waals surface area contributed by atoms with Gasteiger partial charge in [0, 0.05) is 18.2 Å². The summed E-state index contributed by atoms with van der Waals surface area (Å²) < 4.78 is 4.95. The molecule has 0 bridgehead atoms.